The third-order valence-electron chi connectivity index (χ3n) is 16.3. The van der Waals surface area contributed by atoms with Crippen molar-refractivity contribution < 1.29 is 47.7 Å². The number of aryl methyl sites for hydroxylation is 1. The average molecular weight is 1150 g/mol. The van der Waals surface area contributed by atoms with Crippen LogP contribution in [-0.2, 0) is 43.4 Å². The molecule has 5 aliphatic rings. The van der Waals surface area contributed by atoms with Crippen LogP contribution in [0, 0.1) is 23.7 Å². The van der Waals surface area contributed by atoms with Crippen molar-refractivity contribution in [3.63, 3.8) is 0 Å². The number of nitrogens with zero attached hydrogens (tertiary/aromatic N) is 5. The molecule has 416 valence electrons. The summed E-state index contributed by atoms with van der Waals surface area (Å²) in [5, 5.41) is 1.57. The number of amides is 5. The fourth-order valence-electron chi connectivity index (χ4n) is 11.8. The number of benzene rings is 4. The topological polar surface area (TPSA) is 156 Å². The first-order valence-electron chi connectivity index (χ1n) is 27.1. The number of esters is 2. The van der Waals surface area contributed by atoms with Crippen molar-refractivity contribution in [2.45, 2.75) is 96.3 Å². The summed E-state index contributed by atoms with van der Waals surface area (Å²) in [6.45, 7) is 5.67. The smallest absolute Gasteiger partial charge is 0.327 e. The molecule has 0 spiro atoms. The normalized spacial score (nSPS) is 21.9. The Hall–Kier alpha value is -5.36. The van der Waals surface area contributed by atoms with E-state index in [-0.39, 0.29) is 85.6 Å². The first-order valence-corrected chi connectivity index (χ1v) is 29.2. The summed E-state index contributed by atoms with van der Waals surface area (Å²) >= 11 is 20.5. The summed E-state index contributed by atoms with van der Waals surface area (Å²) in [5.41, 5.74) is 5.71. The molecule has 2 aliphatic heterocycles. The summed E-state index contributed by atoms with van der Waals surface area (Å²) < 4.78 is 23.4. The zero-order valence-electron chi connectivity index (χ0n) is 44.5. The Morgan fingerprint density at radius 3 is 1.91 bits per heavy atom. The molecule has 78 heavy (non-hydrogen) atoms. The van der Waals surface area contributed by atoms with E-state index in [0.717, 1.165) is 85.1 Å². The van der Waals surface area contributed by atoms with Crippen molar-refractivity contribution in [3.8, 4) is 17.2 Å². The van der Waals surface area contributed by atoms with Crippen LogP contribution in [0.1, 0.15) is 105 Å². The van der Waals surface area contributed by atoms with Crippen molar-refractivity contribution >= 4 is 81.6 Å². The molecule has 2 saturated carbocycles. The predicted octanol–water partition coefficient (Wildman–Crippen LogP) is 11.4. The molecule has 0 aromatic heterocycles. The minimum atomic E-state index is -0.413. The highest BCUT2D eigenvalue weighted by molar-refractivity contribution is 8.14. The minimum absolute atomic E-state index is 0.0338. The van der Waals surface area contributed by atoms with Gasteiger partial charge in [-0.05, 0) is 159 Å². The molecule has 2 heterocycles. The molecular weight excluding hydrogens is 1080 g/mol. The number of carbonyl (C=O) groups is 6. The third kappa shape index (κ3) is 14.1. The van der Waals surface area contributed by atoms with Gasteiger partial charge in [0.25, 0.3) is 5.24 Å². The number of urea groups is 1. The van der Waals surface area contributed by atoms with Crippen molar-refractivity contribution in [1.29, 1.82) is 0 Å². The van der Waals surface area contributed by atoms with Crippen LogP contribution in [0.25, 0.3) is 0 Å². The van der Waals surface area contributed by atoms with Crippen molar-refractivity contribution in [2.24, 2.45) is 23.7 Å². The molecule has 4 aromatic rings. The summed E-state index contributed by atoms with van der Waals surface area (Å²) in [6.07, 6.45) is 7.81. The molecule has 9 rings (SSSR count). The van der Waals surface area contributed by atoms with Crippen LogP contribution >= 0.6 is 46.6 Å². The Bertz CT molecular complexity index is 2830. The van der Waals surface area contributed by atoms with Crippen molar-refractivity contribution in [2.75, 3.05) is 65.8 Å². The summed E-state index contributed by atoms with van der Waals surface area (Å²) in [6, 6.07) is 25.5. The Kier molecular flexibility index (Phi) is 19.3. The van der Waals surface area contributed by atoms with Gasteiger partial charge in [0.15, 0.2) is 11.5 Å². The van der Waals surface area contributed by atoms with Gasteiger partial charge in [0.05, 0.1) is 42.8 Å². The van der Waals surface area contributed by atoms with Crippen LogP contribution < -0.4 is 14.2 Å². The molecule has 19 heteroatoms. The van der Waals surface area contributed by atoms with Crippen LogP contribution in [-0.4, -0.2) is 125 Å². The highest BCUT2D eigenvalue weighted by Crippen LogP contribution is 2.42. The van der Waals surface area contributed by atoms with Crippen LogP contribution in [0.3, 0.4) is 0 Å². The van der Waals surface area contributed by atoms with E-state index in [1.807, 2.05) is 66.7 Å². The number of hydrogen-bond acceptors (Lipinski definition) is 13. The van der Waals surface area contributed by atoms with E-state index in [2.05, 4.69) is 28.9 Å². The lowest BCUT2D eigenvalue weighted by Gasteiger charge is -2.36. The fraction of sp³-hybridized carbons (Fsp3) is 0.492. The number of hydrogen-bond donors (Lipinski definition) is 0. The molecule has 4 fully saturated rings. The average Bonchev–Trinajstić information content (AvgIpc) is 4.09. The number of ether oxygens (including phenoxy) is 4. The highest BCUT2D eigenvalue weighted by Gasteiger charge is 2.37. The monoisotopic (exact) mass is 1140 g/mol. The highest BCUT2D eigenvalue weighted by atomic mass is 35.5. The number of likely N-dealkylation sites (N-methyl/N-ethyl adjacent to an activating group) is 1. The van der Waals surface area contributed by atoms with E-state index in [0.29, 0.717) is 77.9 Å². The second kappa shape index (κ2) is 26.3. The van der Waals surface area contributed by atoms with Gasteiger partial charge < -0.3 is 23.8 Å². The second-order valence-corrected chi connectivity index (χ2v) is 23.6. The number of methoxy groups -OCH3 is 1. The second-order valence-electron chi connectivity index (χ2n) is 21.4. The summed E-state index contributed by atoms with van der Waals surface area (Å²) in [5.74, 6) is 0.438. The van der Waals surface area contributed by atoms with Gasteiger partial charge >= 0.3 is 18.0 Å². The van der Waals surface area contributed by atoms with E-state index in [1.165, 1.54) is 25.8 Å². The Morgan fingerprint density at radius 1 is 0.679 bits per heavy atom. The largest absolute Gasteiger partial charge is 0.493 e. The van der Waals surface area contributed by atoms with E-state index in [4.69, 9.17) is 53.8 Å². The number of fused-ring (bicyclic) bond motifs is 1. The maximum absolute atomic E-state index is 13.7. The molecule has 2 saturated heterocycles. The zero-order valence-corrected chi connectivity index (χ0v) is 47.6. The van der Waals surface area contributed by atoms with Crippen molar-refractivity contribution in [1.82, 2.24) is 24.5 Å². The van der Waals surface area contributed by atoms with E-state index < -0.39 is 11.9 Å². The Labute approximate surface area is 476 Å². The number of rotatable bonds is 22. The molecular formula is C59H68Cl3N5O10S. The molecule has 0 radical (unpaired) electrons. The quantitative estimate of drug-likeness (QED) is 0.0417. The molecule has 4 aromatic carbocycles. The molecule has 3 aliphatic carbocycles. The van der Waals surface area contributed by atoms with Gasteiger partial charge in [-0.2, -0.15) is 0 Å². The lowest BCUT2D eigenvalue weighted by molar-refractivity contribution is -0.167. The van der Waals surface area contributed by atoms with Crippen LogP contribution in [0.15, 0.2) is 78.9 Å². The van der Waals surface area contributed by atoms with E-state index >= 15 is 0 Å². The first kappa shape index (κ1) is 57.3. The van der Waals surface area contributed by atoms with Gasteiger partial charge in [-0.3, -0.25) is 43.6 Å². The van der Waals surface area contributed by atoms with Gasteiger partial charge in [0, 0.05) is 55.4 Å². The number of halogens is 3. The van der Waals surface area contributed by atoms with Gasteiger partial charge in [0.2, 0.25) is 11.8 Å². The van der Waals surface area contributed by atoms with Crippen LogP contribution in [0.4, 0.5) is 9.59 Å². The molecule has 1 unspecified atom stereocenters. The molecule has 0 bridgehead atoms. The molecule has 0 N–H and O–H groups in total. The first-order chi connectivity index (χ1) is 37.6. The number of imide groups is 2. The maximum atomic E-state index is 13.7. The SMILES string of the molecule is COc1cc(CN(CC2CCC(C(=O)OC(=O)C3CCC(CN(Cc4ccc(OCCN5C(=O)CN(C)C5=O)c(Cl)c4)[C@@H](C)c4ccc(Cl)cc4)CC3)CC2)C2CCc3cc(Cl)ccc32)ccc1OCCN1C(=O)CSC1=O. The van der Waals surface area contributed by atoms with E-state index in [9.17, 15) is 28.8 Å². The van der Waals surface area contributed by atoms with Gasteiger partial charge in [-0.15, -0.1) is 0 Å². The summed E-state index contributed by atoms with van der Waals surface area (Å²) in [4.78, 5) is 84.7. The maximum Gasteiger partial charge on any atom is 0.327 e. The summed E-state index contributed by atoms with van der Waals surface area (Å²) in [7, 11) is 3.19. The molecule has 2 atom stereocenters. The number of carbonyl (C=O) groups excluding carboxylic acids is 6. The fourth-order valence-corrected chi connectivity index (χ4v) is 13.1. The number of thioether (sulfide) groups is 1. The molecule has 15 nitrogen and oxygen atoms in total. The van der Waals surface area contributed by atoms with E-state index in [1.54, 1.807) is 14.2 Å². The van der Waals surface area contributed by atoms with Crippen molar-refractivity contribution in [3.05, 3.63) is 122 Å². The van der Waals surface area contributed by atoms with Crippen LogP contribution in [0.2, 0.25) is 15.1 Å². The Balaban J connectivity index is 0.763. The Morgan fingerprint density at radius 2 is 1.29 bits per heavy atom. The lowest BCUT2D eigenvalue weighted by atomic mass is 9.80. The predicted molar refractivity (Wildman–Crippen MR) is 300 cm³/mol. The lowest BCUT2D eigenvalue weighted by Crippen LogP contribution is -2.36. The zero-order chi connectivity index (χ0) is 55.0. The van der Waals surface area contributed by atoms with Gasteiger partial charge in [-0.25, -0.2) is 4.79 Å². The standard InChI is InChI=1S/C59H68Cl3N5O10S/c1-37(42-14-17-46(60)18-15-42)64(33-40-8-22-51(49(62)28-40)75-26-24-66-54(68)35-63(2)58(66)72)31-38-4-10-43(11-5-38)56(70)77-57(71)44-12-6-39(7-13-44)32-65(50-21-16-45-30-47(61)19-20-48(45)50)34-41-9-23-52(53(29-41)74-3)76-27-25-67-55(69)36-78-59(67)73/h8-9,14-15,17-20,22-23,28-30,37-39,43-44,50H,4-7,10-13,16,21,24-27,31-36H2,1-3H3/t37-,38?,39?,43?,44?,50?/m0/s1. The van der Waals surface area contributed by atoms with Crippen LogP contribution in [0.5, 0.6) is 17.2 Å². The third-order valence-corrected chi connectivity index (χ3v) is 17.9. The van der Waals surface area contributed by atoms with Gasteiger partial charge in [-0.1, -0.05) is 76.9 Å². The minimum Gasteiger partial charge on any atom is -0.493 e. The molecule has 5 amide bonds. The van der Waals surface area contributed by atoms with Gasteiger partial charge in [0.1, 0.15) is 25.5 Å².